The van der Waals surface area contributed by atoms with Crippen LogP contribution in [0.2, 0.25) is 10.0 Å². The van der Waals surface area contributed by atoms with Gasteiger partial charge < -0.3 is 9.15 Å². The molecule has 10 nitrogen and oxygen atoms in total. The van der Waals surface area contributed by atoms with Crippen LogP contribution in [0.4, 0.5) is 11.6 Å². The Labute approximate surface area is 196 Å². The molecule has 1 N–H and O–H groups in total. The van der Waals surface area contributed by atoms with Gasteiger partial charge in [0.25, 0.3) is 11.6 Å². The molecular weight excluding hydrogens is 473 g/mol. The zero-order chi connectivity index (χ0) is 23.4. The van der Waals surface area contributed by atoms with Crippen molar-refractivity contribution in [3.63, 3.8) is 0 Å². The summed E-state index contributed by atoms with van der Waals surface area (Å²) in [5, 5.41) is 18.5. The van der Waals surface area contributed by atoms with Gasteiger partial charge in [-0.1, -0.05) is 35.3 Å². The lowest BCUT2D eigenvalue weighted by atomic mass is 10.2. The van der Waals surface area contributed by atoms with Crippen molar-refractivity contribution in [1.82, 2.24) is 14.8 Å². The highest BCUT2D eigenvalue weighted by Crippen LogP contribution is 2.29. The van der Waals surface area contributed by atoms with E-state index >= 15 is 0 Å². The number of carbonyl (C=O) groups excluding carboxylic acids is 1. The van der Waals surface area contributed by atoms with Crippen molar-refractivity contribution < 1.29 is 18.9 Å². The van der Waals surface area contributed by atoms with Crippen LogP contribution in [0, 0.1) is 10.1 Å². The van der Waals surface area contributed by atoms with Crippen molar-refractivity contribution >= 4 is 40.7 Å². The molecule has 168 valence electrons. The molecular formula is C21H15Cl2N5O5. The van der Waals surface area contributed by atoms with Crippen LogP contribution in [0.1, 0.15) is 21.9 Å². The molecule has 0 radical (unpaired) electrons. The number of hydrogen-bond acceptors (Lipinski definition) is 7. The predicted molar refractivity (Wildman–Crippen MR) is 120 cm³/mol. The van der Waals surface area contributed by atoms with Gasteiger partial charge in [-0.15, -0.1) is 5.10 Å². The van der Waals surface area contributed by atoms with Crippen molar-refractivity contribution in [1.29, 1.82) is 0 Å². The molecule has 0 unspecified atom stereocenters. The van der Waals surface area contributed by atoms with Crippen LogP contribution in [-0.2, 0) is 13.2 Å². The summed E-state index contributed by atoms with van der Waals surface area (Å²) in [7, 11) is 0. The normalized spacial score (nSPS) is 10.7. The van der Waals surface area contributed by atoms with Gasteiger partial charge in [0.1, 0.15) is 24.4 Å². The first-order valence-corrected chi connectivity index (χ1v) is 10.2. The van der Waals surface area contributed by atoms with Gasteiger partial charge >= 0.3 is 0 Å². The van der Waals surface area contributed by atoms with Gasteiger partial charge in [-0.05, 0) is 35.9 Å². The molecule has 4 aromatic rings. The summed E-state index contributed by atoms with van der Waals surface area (Å²) in [6.45, 7) is 0.354. The molecule has 33 heavy (non-hydrogen) atoms. The third kappa shape index (κ3) is 5.68. The lowest BCUT2D eigenvalue weighted by Crippen LogP contribution is -2.12. The standard InChI is InChI=1S/C21H15Cl2N5O5/c22-14-3-1-2-13(8-14)10-27-12-24-21(26-27)25-20(29)18-7-5-16(33-18)11-32-19-9-15(28(30)31)4-6-17(19)23/h1-9,12H,10-11H2,(H,25,26,29). The molecule has 0 aliphatic rings. The molecule has 0 fully saturated rings. The fourth-order valence-electron chi connectivity index (χ4n) is 2.86. The van der Waals surface area contributed by atoms with Crippen LogP contribution in [0.15, 0.2) is 65.3 Å². The molecule has 0 aliphatic heterocycles. The number of nitrogens with one attached hydrogen (secondary N) is 1. The number of non-ortho nitro benzene ring substituents is 1. The van der Waals surface area contributed by atoms with Gasteiger partial charge in [0.2, 0.25) is 5.95 Å². The average molecular weight is 488 g/mol. The monoisotopic (exact) mass is 487 g/mol. The van der Waals surface area contributed by atoms with E-state index in [-0.39, 0.29) is 34.8 Å². The number of aromatic nitrogens is 3. The summed E-state index contributed by atoms with van der Waals surface area (Å²) in [6.07, 6.45) is 1.49. The summed E-state index contributed by atoms with van der Waals surface area (Å²) in [6, 6.07) is 14.2. The van der Waals surface area contributed by atoms with Crippen LogP contribution in [-0.4, -0.2) is 25.6 Å². The lowest BCUT2D eigenvalue weighted by molar-refractivity contribution is -0.384. The van der Waals surface area contributed by atoms with E-state index < -0.39 is 10.8 Å². The van der Waals surface area contributed by atoms with Crippen molar-refractivity contribution in [3.8, 4) is 5.75 Å². The quantitative estimate of drug-likeness (QED) is 0.274. The molecule has 0 spiro atoms. The number of hydrogen-bond donors (Lipinski definition) is 1. The molecule has 0 atom stereocenters. The summed E-state index contributed by atoms with van der Waals surface area (Å²) < 4.78 is 12.5. The maximum atomic E-state index is 12.4. The Bertz CT molecular complexity index is 1320. The van der Waals surface area contributed by atoms with Crippen LogP contribution >= 0.6 is 23.2 Å². The number of amides is 1. The van der Waals surface area contributed by atoms with Gasteiger partial charge in [0.15, 0.2) is 5.76 Å². The molecule has 0 bridgehead atoms. The van der Waals surface area contributed by atoms with Crippen molar-refractivity contribution in [2.45, 2.75) is 13.2 Å². The van der Waals surface area contributed by atoms with E-state index in [0.717, 1.165) is 5.56 Å². The second kappa shape index (κ2) is 9.72. The first-order chi connectivity index (χ1) is 15.9. The highest BCUT2D eigenvalue weighted by molar-refractivity contribution is 6.32. The summed E-state index contributed by atoms with van der Waals surface area (Å²) >= 11 is 12.0. The van der Waals surface area contributed by atoms with Crippen LogP contribution in [0.3, 0.4) is 0 Å². The second-order valence-corrected chi connectivity index (χ2v) is 7.62. The minimum absolute atomic E-state index is 0.0185. The number of nitro groups is 1. The van der Waals surface area contributed by atoms with Crippen LogP contribution < -0.4 is 10.1 Å². The first kappa shape index (κ1) is 22.3. The largest absolute Gasteiger partial charge is 0.484 e. The fraction of sp³-hybridized carbons (Fsp3) is 0.0952. The van der Waals surface area contributed by atoms with E-state index in [2.05, 4.69) is 15.4 Å². The van der Waals surface area contributed by atoms with E-state index in [1.165, 1.54) is 30.6 Å². The second-order valence-electron chi connectivity index (χ2n) is 6.78. The van der Waals surface area contributed by atoms with E-state index in [0.29, 0.717) is 17.3 Å². The molecule has 2 aromatic carbocycles. The number of halogens is 2. The number of nitro benzene ring substituents is 1. The number of benzene rings is 2. The smallest absolute Gasteiger partial charge is 0.293 e. The Morgan fingerprint density at radius 3 is 2.82 bits per heavy atom. The first-order valence-electron chi connectivity index (χ1n) is 9.48. The SMILES string of the molecule is O=C(Nc1ncn(Cc2cccc(Cl)c2)n1)c1ccc(COc2cc([N+](=O)[O-])ccc2Cl)o1. The minimum atomic E-state index is -0.553. The van der Waals surface area contributed by atoms with Crippen molar-refractivity contribution in [3.05, 3.63) is 98.2 Å². The van der Waals surface area contributed by atoms with Crippen molar-refractivity contribution in [2.75, 3.05) is 5.32 Å². The minimum Gasteiger partial charge on any atom is -0.484 e. The number of rotatable bonds is 8. The average Bonchev–Trinajstić information content (AvgIpc) is 3.42. The maximum absolute atomic E-state index is 12.4. The molecule has 0 saturated heterocycles. The Balaban J connectivity index is 1.35. The molecule has 4 rings (SSSR count). The number of carbonyl (C=O) groups is 1. The van der Waals surface area contributed by atoms with Gasteiger partial charge in [0.05, 0.1) is 22.6 Å². The van der Waals surface area contributed by atoms with E-state index in [4.69, 9.17) is 32.4 Å². The predicted octanol–water partition coefficient (Wildman–Crippen LogP) is 4.97. The Kier molecular flexibility index (Phi) is 6.57. The molecule has 0 aliphatic carbocycles. The highest BCUT2D eigenvalue weighted by atomic mass is 35.5. The van der Waals surface area contributed by atoms with Gasteiger partial charge in [-0.2, -0.15) is 0 Å². The van der Waals surface area contributed by atoms with E-state index in [9.17, 15) is 14.9 Å². The Morgan fingerprint density at radius 2 is 2.03 bits per heavy atom. The molecule has 0 saturated carbocycles. The van der Waals surface area contributed by atoms with E-state index in [1.807, 2.05) is 18.2 Å². The maximum Gasteiger partial charge on any atom is 0.293 e. The summed E-state index contributed by atoms with van der Waals surface area (Å²) in [5.74, 6) is 0.0320. The number of nitrogens with zero attached hydrogens (tertiary/aromatic N) is 4. The lowest BCUT2D eigenvalue weighted by Gasteiger charge is -2.06. The van der Waals surface area contributed by atoms with Gasteiger partial charge in [-0.3, -0.25) is 20.2 Å². The highest BCUT2D eigenvalue weighted by Gasteiger charge is 2.15. The molecule has 2 heterocycles. The molecule has 2 aromatic heterocycles. The zero-order valence-corrected chi connectivity index (χ0v) is 18.3. The Morgan fingerprint density at radius 1 is 1.18 bits per heavy atom. The Hall–Kier alpha value is -3.89. The van der Waals surface area contributed by atoms with Gasteiger partial charge in [-0.25, -0.2) is 9.67 Å². The van der Waals surface area contributed by atoms with Crippen LogP contribution in [0.5, 0.6) is 5.75 Å². The summed E-state index contributed by atoms with van der Waals surface area (Å²) in [4.78, 5) is 26.9. The van der Waals surface area contributed by atoms with Crippen LogP contribution in [0.25, 0.3) is 0 Å². The van der Waals surface area contributed by atoms with Crippen molar-refractivity contribution in [2.24, 2.45) is 0 Å². The number of furan rings is 1. The van der Waals surface area contributed by atoms with Gasteiger partial charge in [0, 0.05) is 11.1 Å². The molecule has 1 amide bonds. The number of anilines is 1. The van der Waals surface area contributed by atoms with E-state index in [1.54, 1.807) is 16.8 Å². The third-order valence-corrected chi connectivity index (χ3v) is 4.92. The zero-order valence-electron chi connectivity index (χ0n) is 16.8. The fourth-order valence-corrected chi connectivity index (χ4v) is 3.24. The summed E-state index contributed by atoms with van der Waals surface area (Å²) in [5.41, 5.74) is 0.779. The number of ether oxygens (including phenoxy) is 1. The topological polar surface area (TPSA) is 125 Å². The molecule has 12 heteroatoms. The third-order valence-electron chi connectivity index (χ3n) is 4.38.